The number of urea groups is 1. The van der Waals surface area contributed by atoms with E-state index in [1.54, 1.807) is 23.1 Å². The highest BCUT2D eigenvalue weighted by molar-refractivity contribution is 9.10. The number of hydrogen-bond donors (Lipinski definition) is 1. The molecule has 1 aliphatic carbocycles. The van der Waals surface area contributed by atoms with Gasteiger partial charge in [0.05, 0.1) is 0 Å². The average Bonchev–Trinajstić information content (AvgIpc) is 3.52. The number of halogens is 2. The Kier molecular flexibility index (Phi) is 6.11. The van der Waals surface area contributed by atoms with Crippen molar-refractivity contribution >= 4 is 45.2 Å². The van der Waals surface area contributed by atoms with Gasteiger partial charge in [0.1, 0.15) is 0 Å². The number of nitrogens with one attached hydrogen (secondary N) is 1. The summed E-state index contributed by atoms with van der Waals surface area (Å²) in [4.78, 5) is 29.2. The van der Waals surface area contributed by atoms with E-state index < -0.39 is 0 Å². The summed E-state index contributed by atoms with van der Waals surface area (Å²) < 4.78 is 1.05. The summed E-state index contributed by atoms with van der Waals surface area (Å²) >= 11 is 9.43. The summed E-state index contributed by atoms with van der Waals surface area (Å²) in [6, 6.07) is 15.2. The normalized spacial score (nSPS) is 21.4. The van der Waals surface area contributed by atoms with Crippen LogP contribution in [0.1, 0.15) is 24.3 Å². The zero-order valence-electron chi connectivity index (χ0n) is 16.0. The predicted molar refractivity (Wildman–Crippen MR) is 118 cm³/mol. The van der Waals surface area contributed by atoms with Crippen LogP contribution in [0.2, 0.25) is 5.02 Å². The first kappa shape index (κ1) is 20.2. The molecule has 2 aromatic rings. The van der Waals surface area contributed by atoms with Crippen molar-refractivity contribution in [3.05, 3.63) is 63.6 Å². The monoisotopic (exact) mass is 475 g/mol. The van der Waals surface area contributed by atoms with Gasteiger partial charge in [-0.2, -0.15) is 0 Å². The van der Waals surface area contributed by atoms with Crippen molar-refractivity contribution in [1.82, 2.24) is 9.80 Å². The van der Waals surface area contributed by atoms with E-state index in [9.17, 15) is 9.59 Å². The number of benzene rings is 2. The highest BCUT2D eigenvalue weighted by Gasteiger charge is 2.45. The SMILES string of the molecule is O=C(Nc1cccc(Cl)c1)N1CCCN(C(=O)[C@@H]2C[C@@H]2c2ccc(Br)cc2)CC1. The minimum atomic E-state index is -0.152. The number of rotatable bonds is 3. The zero-order valence-corrected chi connectivity index (χ0v) is 18.3. The standard InChI is InChI=1S/C22H23BrClN3O2/c23-16-7-5-15(6-8-16)19-14-20(19)21(28)26-9-2-10-27(12-11-26)22(29)25-18-4-1-3-17(24)13-18/h1,3-8,13,19-20H,2,9-12,14H2,(H,25,29)/t19-,20-/m1/s1. The van der Waals surface area contributed by atoms with E-state index in [2.05, 4.69) is 33.4 Å². The van der Waals surface area contributed by atoms with Gasteiger partial charge in [-0.15, -0.1) is 0 Å². The van der Waals surface area contributed by atoms with Crippen LogP contribution in [0, 0.1) is 5.92 Å². The fraction of sp³-hybridized carbons (Fsp3) is 0.364. The average molecular weight is 477 g/mol. The lowest BCUT2D eigenvalue weighted by Crippen LogP contribution is -2.39. The van der Waals surface area contributed by atoms with Crippen molar-refractivity contribution < 1.29 is 9.59 Å². The van der Waals surface area contributed by atoms with Gasteiger partial charge >= 0.3 is 6.03 Å². The second kappa shape index (κ2) is 8.76. The van der Waals surface area contributed by atoms with Crippen LogP contribution >= 0.6 is 27.5 Å². The van der Waals surface area contributed by atoms with Gasteiger partial charge in [-0.25, -0.2) is 4.79 Å². The van der Waals surface area contributed by atoms with Crippen LogP contribution in [0.3, 0.4) is 0 Å². The molecule has 1 heterocycles. The van der Waals surface area contributed by atoms with Crippen molar-refractivity contribution in [3.8, 4) is 0 Å². The molecule has 0 unspecified atom stereocenters. The second-order valence-corrected chi connectivity index (χ2v) is 8.96. The molecule has 5 nitrogen and oxygen atoms in total. The summed E-state index contributed by atoms with van der Waals surface area (Å²) in [5.41, 5.74) is 1.90. The molecule has 1 aliphatic heterocycles. The molecular formula is C22H23BrClN3O2. The number of nitrogens with zero attached hydrogens (tertiary/aromatic N) is 2. The van der Waals surface area contributed by atoms with Crippen LogP contribution in [0.25, 0.3) is 0 Å². The minimum absolute atomic E-state index is 0.0722. The second-order valence-electron chi connectivity index (χ2n) is 7.61. The molecule has 2 aromatic carbocycles. The number of hydrogen-bond acceptors (Lipinski definition) is 2. The van der Waals surface area contributed by atoms with Crippen LogP contribution in [-0.2, 0) is 4.79 Å². The third kappa shape index (κ3) is 4.93. The fourth-order valence-electron chi connectivity index (χ4n) is 3.89. The first-order valence-corrected chi connectivity index (χ1v) is 11.0. The molecule has 1 saturated heterocycles. The van der Waals surface area contributed by atoms with Gasteiger partial charge in [0.15, 0.2) is 0 Å². The lowest BCUT2D eigenvalue weighted by Gasteiger charge is -2.22. The molecular weight excluding hydrogens is 454 g/mol. The Hall–Kier alpha value is -2.05. The van der Waals surface area contributed by atoms with Crippen molar-refractivity contribution in [2.45, 2.75) is 18.8 Å². The van der Waals surface area contributed by atoms with Gasteiger partial charge in [-0.1, -0.05) is 45.7 Å². The Labute approximate surface area is 184 Å². The number of carbonyl (C=O) groups excluding carboxylic acids is 2. The first-order valence-electron chi connectivity index (χ1n) is 9.87. The highest BCUT2D eigenvalue weighted by atomic mass is 79.9. The largest absolute Gasteiger partial charge is 0.341 e. The maximum absolute atomic E-state index is 13.0. The summed E-state index contributed by atoms with van der Waals surface area (Å²) in [5.74, 6) is 0.610. The lowest BCUT2D eigenvalue weighted by atomic mass is 10.1. The molecule has 1 N–H and O–H groups in total. The molecule has 2 fully saturated rings. The molecule has 152 valence electrons. The third-order valence-corrected chi connectivity index (χ3v) is 6.34. The Bertz CT molecular complexity index is 905. The molecule has 1 saturated carbocycles. The van der Waals surface area contributed by atoms with E-state index in [4.69, 9.17) is 11.6 Å². The zero-order chi connectivity index (χ0) is 20.4. The lowest BCUT2D eigenvalue weighted by molar-refractivity contribution is -0.132. The number of anilines is 1. The highest BCUT2D eigenvalue weighted by Crippen LogP contribution is 2.48. The van der Waals surface area contributed by atoms with Gasteiger partial charge in [-0.05, 0) is 54.7 Å². The number of carbonyl (C=O) groups is 2. The Balaban J connectivity index is 1.31. The summed E-state index contributed by atoms with van der Waals surface area (Å²) in [5, 5.41) is 3.47. The molecule has 0 bridgehead atoms. The maximum Gasteiger partial charge on any atom is 0.321 e. The molecule has 0 radical (unpaired) electrons. The van der Waals surface area contributed by atoms with Gasteiger partial charge in [0.2, 0.25) is 5.91 Å². The van der Waals surface area contributed by atoms with Crippen LogP contribution in [0.15, 0.2) is 53.0 Å². The summed E-state index contributed by atoms with van der Waals surface area (Å²) in [6.07, 6.45) is 1.69. The Morgan fingerprint density at radius 2 is 1.72 bits per heavy atom. The van der Waals surface area contributed by atoms with E-state index in [0.717, 1.165) is 17.3 Å². The van der Waals surface area contributed by atoms with Crippen LogP contribution in [0.4, 0.5) is 10.5 Å². The van der Waals surface area contributed by atoms with Crippen LogP contribution in [0.5, 0.6) is 0 Å². The predicted octanol–water partition coefficient (Wildman–Crippen LogP) is 4.97. The summed E-state index contributed by atoms with van der Waals surface area (Å²) in [6.45, 7) is 2.44. The van der Waals surface area contributed by atoms with E-state index in [-0.39, 0.29) is 17.9 Å². The molecule has 4 rings (SSSR count). The third-order valence-electron chi connectivity index (χ3n) is 5.58. The van der Waals surface area contributed by atoms with Crippen LogP contribution < -0.4 is 5.32 Å². The fourth-order valence-corrected chi connectivity index (χ4v) is 4.35. The maximum atomic E-state index is 13.0. The van der Waals surface area contributed by atoms with Crippen molar-refractivity contribution in [1.29, 1.82) is 0 Å². The van der Waals surface area contributed by atoms with E-state index in [1.165, 1.54) is 5.56 Å². The molecule has 29 heavy (non-hydrogen) atoms. The molecule has 2 aliphatic rings. The Morgan fingerprint density at radius 3 is 2.48 bits per heavy atom. The molecule has 2 atom stereocenters. The van der Waals surface area contributed by atoms with E-state index >= 15 is 0 Å². The quantitative estimate of drug-likeness (QED) is 0.680. The van der Waals surface area contributed by atoms with Gasteiger partial charge in [-0.3, -0.25) is 4.79 Å². The molecule has 7 heteroatoms. The Morgan fingerprint density at radius 1 is 1.00 bits per heavy atom. The van der Waals surface area contributed by atoms with Crippen molar-refractivity contribution in [2.24, 2.45) is 5.92 Å². The summed E-state index contributed by atoms with van der Waals surface area (Å²) in [7, 11) is 0. The van der Waals surface area contributed by atoms with E-state index in [0.29, 0.717) is 42.8 Å². The smallest absolute Gasteiger partial charge is 0.321 e. The van der Waals surface area contributed by atoms with Gasteiger partial charge < -0.3 is 15.1 Å². The van der Waals surface area contributed by atoms with Crippen molar-refractivity contribution in [3.63, 3.8) is 0 Å². The molecule has 0 aromatic heterocycles. The van der Waals surface area contributed by atoms with Crippen LogP contribution in [-0.4, -0.2) is 47.9 Å². The number of amides is 3. The molecule has 0 spiro atoms. The molecule has 3 amide bonds. The van der Waals surface area contributed by atoms with Crippen molar-refractivity contribution in [2.75, 3.05) is 31.5 Å². The minimum Gasteiger partial charge on any atom is -0.341 e. The van der Waals surface area contributed by atoms with Gasteiger partial charge in [0, 0.05) is 47.3 Å². The van der Waals surface area contributed by atoms with Gasteiger partial charge in [0.25, 0.3) is 0 Å². The first-order chi connectivity index (χ1) is 14.0. The van der Waals surface area contributed by atoms with E-state index in [1.807, 2.05) is 23.1 Å². The topological polar surface area (TPSA) is 52.7 Å².